The summed E-state index contributed by atoms with van der Waals surface area (Å²) in [5.74, 6) is -0.660. The van der Waals surface area contributed by atoms with Crippen molar-refractivity contribution >= 4 is 11.8 Å². The minimum Gasteiger partial charge on any atom is -0.455 e. The Kier molecular flexibility index (Phi) is 7.20. The number of fused-ring (bicyclic) bond motifs is 1. The van der Waals surface area contributed by atoms with E-state index in [-0.39, 0.29) is 17.9 Å². The van der Waals surface area contributed by atoms with E-state index < -0.39 is 35.5 Å². The second-order valence-electron chi connectivity index (χ2n) is 8.36. The van der Waals surface area contributed by atoms with Crippen LogP contribution in [0.1, 0.15) is 40.5 Å². The first-order chi connectivity index (χ1) is 13.6. The fraction of sp³-hybridized carbons (Fsp3) is 0.500. The Labute approximate surface area is 173 Å². The van der Waals surface area contributed by atoms with E-state index in [9.17, 15) is 19.8 Å². The summed E-state index contributed by atoms with van der Waals surface area (Å²) >= 11 is 0. The molecule has 5 nitrogen and oxygen atoms in total. The third-order valence-corrected chi connectivity index (χ3v) is 6.39. The SMILES string of the molecule is C=C(CO)C1(O)CC2(C)C(=CC1=O)C=CC(OC(=O)C=CC=CC(C)CC)C2C. The number of ketones is 1. The third kappa shape index (κ3) is 4.68. The Hall–Kier alpha value is -2.24. The van der Waals surface area contributed by atoms with E-state index in [4.69, 9.17) is 4.74 Å². The molecule has 0 aromatic heterocycles. The van der Waals surface area contributed by atoms with Gasteiger partial charge in [0, 0.05) is 17.4 Å². The Morgan fingerprint density at radius 3 is 2.76 bits per heavy atom. The van der Waals surface area contributed by atoms with Gasteiger partial charge in [0.05, 0.1) is 6.61 Å². The normalized spacial score (nSPS) is 32.9. The van der Waals surface area contributed by atoms with E-state index >= 15 is 0 Å². The number of carbonyl (C=O) groups excluding carboxylic acids is 2. The van der Waals surface area contributed by atoms with Gasteiger partial charge in [0.15, 0.2) is 11.4 Å². The number of hydrogen-bond acceptors (Lipinski definition) is 5. The topological polar surface area (TPSA) is 83.8 Å². The van der Waals surface area contributed by atoms with E-state index in [0.29, 0.717) is 5.92 Å². The largest absolute Gasteiger partial charge is 0.455 e. The van der Waals surface area contributed by atoms with Crippen LogP contribution in [0.3, 0.4) is 0 Å². The molecule has 2 aliphatic rings. The molecule has 5 heteroatoms. The van der Waals surface area contributed by atoms with Crippen LogP contribution in [-0.4, -0.2) is 40.3 Å². The molecular formula is C24H32O5. The molecule has 0 heterocycles. The van der Waals surface area contributed by atoms with Gasteiger partial charge < -0.3 is 14.9 Å². The number of aliphatic hydroxyl groups excluding tert-OH is 1. The monoisotopic (exact) mass is 400 g/mol. The lowest BCUT2D eigenvalue weighted by atomic mass is 9.57. The molecular weight excluding hydrogens is 368 g/mol. The second kappa shape index (κ2) is 9.06. The van der Waals surface area contributed by atoms with Crippen molar-refractivity contribution in [1.29, 1.82) is 0 Å². The van der Waals surface area contributed by atoms with Crippen LogP contribution >= 0.6 is 0 Å². The molecule has 0 bridgehead atoms. The minimum absolute atomic E-state index is 0.0744. The van der Waals surface area contributed by atoms with Crippen LogP contribution in [0.5, 0.6) is 0 Å². The van der Waals surface area contributed by atoms with E-state index in [1.54, 1.807) is 18.2 Å². The second-order valence-corrected chi connectivity index (χ2v) is 8.36. The van der Waals surface area contributed by atoms with Gasteiger partial charge in [-0.2, -0.15) is 0 Å². The van der Waals surface area contributed by atoms with Gasteiger partial charge in [0.25, 0.3) is 0 Å². The average Bonchev–Trinajstić information content (AvgIpc) is 2.69. The summed E-state index contributed by atoms with van der Waals surface area (Å²) < 4.78 is 5.62. The van der Waals surface area contributed by atoms with Crippen molar-refractivity contribution in [3.05, 3.63) is 60.3 Å². The fourth-order valence-electron chi connectivity index (χ4n) is 3.81. The van der Waals surface area contributed by atoms with E-state index in [0.717, 1.165) is 12.0 Å². The summed E-state index contributed by atoms with van der Waals surface area (Å²) in [5, 5.41) is 20.3. The van der Waals surface area contributed by atoms with Crippen molar-refractivity contribution in [2.24, 2.45) is 17.3 Å². The summed E-state index contributed by atoms with van der Waals surface area (Å²) in [5.41, 5.74) is -1.57. The zero-order valence-corrected chi connectivity index (χ0v) is 17.7. The standard InChI is InChI=1S/C24H32O5/c1-6-16(2)9-7-8-10-22(27)29-20-12-11-19-13-21(26)24(28,17(3)14-25)15-23(19,5)18(20)4/h7-13,16,18,20,25,28H,3,6,14-15H2,1-2,4-5H3. The molecule has 0 saturated heterocycles. The molecule has 0 radical (unpaired) electrons. The molecule has 2 rings (SSSR count). The highest BCUT2D eigenvalue weighted by molar-refractivity contribution is 6.01. The number of allylic oxidation sites excluding steroid dienone is 5. The van der Waals surface area contributed by atoms with E-state index in [1.165, 1.54) is 12.2 Å². The highest BCUT2D eigenvalue weighted by atomic mass is 16.5. The zero-order chi connectivity index (χ0) is 21.8. The maximum atomic E-state index is 12.5. The summed E-state index contributed by atoms with van der Waals surface area (Å²) in [6, 6.07) is 0. The maximum absolute atomic E-state index is 12.5. The molecule has 29 heavy (non-hydrogen) atoms. The van der Waals surface area contributed by atoms with Crippen LogP contribution in [0.4, 0.5) is 0 Å². The van der Waals surface area contributed by atoms with Crippen molar-refractivity contribution in [3.63, 3.8) is 0 Å². The van der Waals surface area contributed by atoms with Crippen molar-refractivity contribution in [1.82, 2.24) is 0 Å². The average molecular weight is 401 g/mol. The molecule has 0 amide bonds. The van der Waals surface area contributed by atoms with Gasteiger partial charge in [0.2, 0.25) is 0 Å². The molecule has 2 aliphatic carbocycles. The highest BCUT2D eigenvalue weighted by Crippen LogP contribution is 2.51. The molecule has 0 aromatic carbocycles. The summed E-state index contributed by atoms with van der Waals surface area (Å²) in [7, 11) is 0. The number of hydrogen-bond donors (Lipinski definition) is 2. The molecule has 5 atom stereocenters. The number of esters is 1. The number of rotatable bonds is 7. The predicted octanol–water partition coefficient (Wildman–Crippen LogP) is 3.45. The van der Waals surface area contributed by atoms with Crippen LogP contribution in [0.15, 0.2) is 60.3 Å². The molecule has 0 spiro atoms. The molecule has 0 fully saturated rings. The summed E-state index contributed by atoms with van der Waals surface area (Å²) in [6.45, 7) is 11.3. The maximum Gasteiger partial charge on any atom is 0.331 e. The Bertz CT molecular complexity index is 787. The number of carbonyl (C=O) groups is 2. The van der Waals surface area contributed by atoms with Crippen LogP contribution in [0.2, 0.25) is 0 Å². The lowest BCUT2D eigenvalue weighted by molar-refractivity contribution is -0.147. The highest BCUT2D eigenvalue weighted by Gasteiger charge is 2.53. The summed E-state index contributed by atoms with van der Waals surface area (Å²) in [6.07, 6.45) is 12.5. The van der Waals surface area contributed by atoms with Crippen LogP contribution in [0.25, 0.3) is 0 Å². The Morgan fingerprint density at radius 1 is 1.45 bits per heavy atom. The Balaban J connectivity index is 2.17. The quantitative estimate of drug-likeness (QED) is 0.296. The molecule has 0 saturated carbocycles. The van der Waals surface area contributed by atoms with Gasteiger partial charge in [-0.3, -0.25) is 4.79 Å². The van der Waals surface area contributed by atoms with Crippen molar-refractivity contribution in [3.8, 4) is 0 Å². The van der Waals surface area contributed by atoms with Gasteiger partial charge in [-0.05, 0) is 35.6 Å². The van der Waals surface area contributed by atoms with Crippen LogP contribution in [0, 0.1) is 17.3 Å². The van der Waals surface area contributed by atoms with Gasteiger partial charge in [-0.15, -0.1) is 0 Å². The zero-order valence-electron chi connectivity index (χ0n) is 17.7. The lowest BCUT2D eigenvalue weighted by Crippen LogP contribution is -2.53. The summed E-state index contributed by atoms with van der Waals surface area (Å²) in [4.78, 5) is 24.7. The molecule has 2 N–H and O–H groups in total. The van der Waals surface area contributed by atoms with Crippen molar-refractivity contribution < 1.29 is 24.5 Å². The molecule has 0 aliphatic heterocycles. The molecule has 158 valence electrons. The van der Waals surface area contributed by atoms with Crippen molar-refractivity contribution in [2.45, 2.75) is 52.2 Å². The van der Waals surface area contributed by atoms with Gasteiger partial charge in [-0.1, -0.05) is 65.0 Å². The first kappa shape index (κ1) is 23.0. The Morgan fingerprint density at radius 2 is 2.14 bits per heavy atom. The number of aliphatic hydroxyl groups is 2. The van der Waals surface area contributed by atoms with Gasteiger partial charge in [0.1, 0.15) is 6.10 Å². The lowest BCUT2D eigenvalue weighted by Gasteiger charge is -2.49. The predicted molar refractivity (Wildman–Crippen MR) is 113 cm³/mol. The fourth-order valence-corrected chi connectivity index (χ4v) is 3.81. The van der Waals surface area contributed by atoms with Crippen LogP contribution in [-0.2, 0) is 14.3 Å². The first-order valence-corrected chi connectivity index (χ1v) is 10.1. The molecule has 5 unspecified atom stereocenters. The number of ether oxygens (including phenoxy) is 1. The smallest absolute Gasteiger partial charge is 0.331 e. The minimum atomic E-state index is -1.82. The van der Waals surface area contributed by atoms with Gasteiger partial charge >= 0.3 is 5.97 Å². The molecule has 0 aromatic rings. The van der Waals surface area contributed by atoms with Crippen LogP contribution < -0.4 is 0 Å². The van der Waals surface area contributed by atoms with E-state index in [2.05, 4.69) is 20.4 Å². The third-order valence-electron chi connectivity index (χ3n) is 6.39. The van der Waals surface area contributed by atoms with E-state index in [1.807, 2.05) is 26.0 Å². The first-order valence-electron chi connectivity index (χ1n) is 10.1. The van der Waals surface area contributed by atoms with Crippen molar-refractivity contribution in [2.75, 3.05) is 6.61 Å². The van der Waals surface area contributed by atoms with Gasteiger partial charge in [-0.25, -0.2) is 4.79 Å².